The number of amides is 1. The number of rotatable bonds is 4. The Balaban J connectivity index is 1.91. The molecule has 1 saturated carbocycles. The van der Waals surface area contributed by atoms with Gasteiger partial charge in [-0.1, -0.05) is 6.92 Å². The first-order valence-electron chi connectivity index (χ1n) is 6.72. The van der Waals surface area contributed by atoms with E-state index in [-0.39, 0.29) is 18.4 Å². The Labute approximate surface area is 112 Å². The molecule has 1 amide bonds. The van der Waals surface area contributed by atoms with Gasteiger partial charge in [-0.15, -0.1) is 0 Å². The van der Waals surface area contributed by atoms with Crippen LogP contribution in [0.4, 0.5) is 4.39 Å². The van der Waals surface area contributed by atoms with E-state index in [9.17, 15) is 9.18 Å². The van der Waals surface area contributed by atoms with Crippen molar-refractivity contribution in [2.75, 3.05) is 20.1 Å². The number of hydrogen-bond acceptors (Lipinski definition) is 3. The van der Waals surface area contributed by atoms with Crippen molar-refractivity contribution in [3.05, 3.63) is 0 Å². The third-order valence-corrected chi connectivity index (χ3v) is 3.34. The average Bonchev–Trinajstić information content (AvgIpc) is 3.19. The Morgan fingerprint density at radius 1 is 1.47 bits per heavy atom. The Hall–Kier alpha value is -1.46. The maximum atomic E-state index is 13.9. The minimum Gasteiger partial charge on any atom is -0.472 e. The molecule has 0 aromatic carbocycles. The number of ether oxygens (including phenoxy) is 1. The summed E-state index contributed by atoms with van der Waals surface area (Å²) >= 11 is 0. The molecule has 5 nitrogen and oxygen atoms in total. The molecular formula is C13H20FN3O2. The van der Waals surface area contributed by atoms with E-state index < -0.39 is 12.3 Å². The fourth-order valence-corrected chi connectivity index (χ4v) is 2.12. The zero-order valence-electron chi connectivity index (χ0n) is 11.4. The SMILES string of the molecule is CCC(=NC=NC)OC1CN(C(=O)C2CC2)CC1F. The van der Waals surface area contributed by atoms with Crippen LogP contribution in [0.25, 0.3) is 0 Å². The molecule has 6 heteroatoms. The van der Waals surface area contributed by atoms with Crippen LogP contribution >= 0.6 is 0 Å². The molecule has 2 unspecified atom stereocenters. The lowest BCUT2D eigenvalue weighted by Crippen LogP contribution is -2.31. The Morgan fingerprint density at radius 3 is 2.79 bits per heavy atom. The van der Waals surface area contributed by atoms with Gasteiger partial charge >= 0.3 is 0 Å². The van der Waals surface area contributed by atoms with Gasteiger partial charge in [-0.05, 0) is 12.8 Å². The molecule has 0 bridgehead atoms. The summed E-state index contributed by atoms with van der Waals surface area (Å²) in [6, 6.07) is 0. The highest BCUT2D eigenvalue weighted by Gasteiger charge is 2.42. The number of aliphatic imine (C=N–C) groups is 2. The van der Waals surface area contributed by atoms with Gasteiger partial charge in [0.05, 0.1) is 13.1 Å². The van der Waals surface area contributed by atoms with E-state index in [0.29, 0.717) is 18.9 Å². The Morgan fingerprint density at radius 2 is 2.21 bits per heavy atom. The van der Waals surface area contributed by atoms with E-state index in [1.165, 1.54) is 6.34 Å². The van der Waals surface area contributed by atoms with Crippen molar-refractivity contribution in [1.29, 1.82) is 0 Å². The van der Waals surface area contributed by atoms with Gasteiger partial charge < -0.3 is 9.64 Å². The van der Waals surface area contributed by atoms with Gasteiger partial charge in [0.25, 0.3) is 0 Å². The van der Waals surface area contributed by atoms with Crippen LogP contribution in [0.3, 0.4) is 0 Å². The zero-order valence-corrected chi connectivity index (χ0v) is 11.4. The van der Waals surface area contributed by atoms with Crippen molar-refractivity contribution < 1.29 is 13.9 Å². The first-order chi connectivity index (χ1) is 9.15. The molecule has 2 fully saturated rings. The number of alkyl halides is 1. The maximum absolute atomic E-state index is 13.9. The van der Waals surface area contributed by atoms with Gasteiger partial charge in [0.1, 0.15) is 6.34 Å². The summed E-state index contributed by atoms with van der Waals surface area (Å²) in [5.41, 5.74) is 0. The molecule has 19 heavy (non-hydrogen) atoms. The third-order valence-electron chi connectivity index (χ3n) is 3.34. The standard InChI is InChI=1S/C13H20FN3O2/c1-3-12(16-8-15-2)19-11-7-17(6-10(11)14)13(18)9-4-5-9/h8-11H,3-7H2,1-2H3. The first-order valence-corrected chi connectivity index (χ1v) is 6.72. The summed E-state index contributed by atoms with van der Waals surface area (Å²) in [5.74, 6) is 0.648. The van der Waals surface area contributed by atoms with Crippen molar-refractivity contribution in [3.63, 3.8) is 0 Å². The van der Waals surface area contributed by atoms with Crippen LogP contribution in [-0.2, 0) is 9.53 Å². The van der Waals surface area contributed by atoms with Crippen LogP contribution in [0.5, 0.6) is 0 Å². The second-order valence-electron chi connectivity index (χ2n) is 4.94. The number of likely N-dealkylation sites (tertiary alicyclic amines) is 1. The van der Waals surface area contributed by atoms with Gasteiger partial charge in [-0.25, -0.2) is 9.38 Å². The van der Waals surface area contributed by atoms with E-state index >= 15 is 0 Å². The smallest absolute Gasteiger partial charge is 0.225 e. The molecule has 1 heterocycles. The molecule has 106 valence electrons. The highest BCUT2D eigenvalue weighted by molar-refractivity contribution is 5.84. The molecule has 0 aromatic rings. The Kier molecular flexibility index (Phi) is 4.50. The molecular weight excluding hydrogens is 249 g/mol. The highest BCUT2D eigenvalue weighted by atomic mass is 19.1. The molecule has 0 aromatic heterocycles. The lowest BCUT2D eigenvalue weighted by molar-refractivity contribution is -0.131. The van der Waals surface area contributed by atoms with Gasteiger partial charge in [0, 0.05) is 19.4 Å². The van der Waals surface area contributed by atoms with Crippen LogP contribution in [0.15, 0.2) is 9.98 Å². The molecule has 2 aliphatic rings. The Bertz CT molecular complexity index is 393. The van der Waals surface area contributed by atoms with Gasteiger partial charge in [-0.3, -0.25) is 9.79 Å². The average molecular weight is 269 g/mol. The second-order valence-corrected chi connectivity index (χ2v) is 4.94. The largest absolute Gasteiger partial charge is 0.472 e. The predicted molar refractivity (Wildman–Crippen MR) is 71.2 cm³/mol. The molecule has 1 aliphatic heterocycles. The van der Waals surface area contributed by atoms with Crippen molar-refractivity contribution in [2.24, 2.45) is 15.9 Å². The topological polar surface area (TPSA) is 54.3 Å². The number of hydrogen-bond donors (Lipinski definition) is 0. The molecule has 2 rings (SSSR count). The fourth-order valence-electron chi connectivity index (χ4n) is 2.12. The first kappa shape index (κ1) is 14.0. The predicted octanol–water partition coefficient (Wildman–Crippen LogP) is 1.43. The summed E-state index contributed by atoms with van der Waals surface area (Å²) in [6.45, 7) is 2.34. The third kappa shape index (κ3) is 3.52. The van der Waals surface area contributed by atoms with Crippen molar-refractivity contribution in [2.45, 2.75) is 38.5 Å². The summed E-state index contributed by atoms with van der Waals surface area (Å²) in [7, 11) is 1.61. The molecule has 1 aliphatic carbocycles. The molecule has 0 radical (unpaired) electrons. The molecule has 0 N–H and O–H groups in total. The van der Waals surface area contributed by atoms with Crippen LogP contribution in [0, 0.1) is 5.92 Å². The van der Waals surface area contributed by atoms with Crippen molar-refractivity contribution in [3.8, 4) is 0 Å². The van der Waals surface area contributed by atoms with Crippen LogP contribution in [0.1, 0.15) is 26.2 Å². The van der Waals surface area contributed by atoms with Crippen LogP contribution in [-0.4, -0.2) is 55.5 Å². The van der Waals surface area contributed by atoms with E-state index in [0.717, 1.165) is 12.8 Å². The summed E-state index contributed by atoms with van der Waals surface area (Å²) in [4.78, 5) is 21.2. The number of carbonyl (C=O) groups is 1. The monoisotopic (exact) mass is 269 g/mol. The number of carbonyl (C=O) groups excluding carboxylic acids is 1. The summed E-state index contributed by atoms with van der Waals surface area (Å²) in [5, 5.41) is 0. The van der Waals surface area contributed by atoms with Crippen molar-refractivity contribution in [1.82, 2.24) is 4.90 Å². The minimum atomic E-state index is -1.14. The van der Waals surface area contributed by atoms with Gasteiger partial charge in [0.15, 0.2) is 18.2 Å². The fraction of sp³-hybridized carbons (Fsp3) is 0.769. The van der Waals surface area contributed by atoms with Crippen LogP contribution < -0.4 is 0 Å². The highest BCUT2D eigenvalue weighted by Crippen LogP contribution is 2.32. The van der Waals surface area contributed by atoms with E-state index in [1.54, 1.807) is 11.9 Å². The lowest BCUT2D eigenvalue weighted by Gasteiger charge is -2.17. The zero-order chi connectivity index (χ0) is 13.8. The summed E-state index contributed by atoms with van der Waals surface area (Å²) < 4.78 is 19.4. The molecule has 2 atom stereocenters. The second kappa shape index (κ2) is 6.12. The van der Waals surface area contributed by atoms with Gasteiger partial charge in [-0.2, -0.15) is 0 Å². The van der Waals surface area contributed by atoms with Crippen LogP contribution in [0.2, 0.25) is 0 Å². The lowest BCUT2D eigenvalue weighted by atomic mass is 10.3. The minimum absolute atomic E-state index is 0.0684. The maximum Gasteiger partial charge on any atom is 0.225 e. The quantitative estimate of drug-likeness (QED) is 0.572. The molecule has 0 spiro atoms. The summed E-state index contributed by atoms with van der Waals surface area (Å²) in [6.07, 6.45) is 2.09. The van der Waals surface area contributed by atoms with E-state index in [1.807, 2.05) is 6.92 Å². The number of halogens is 1. The van der Waals surface area contributed by atoms with Crippen molar-refractivity contribution >= 4 is 18.1 Å². The normalized spacial score (nSPS) is 28.2. The number of nitrogens with zero attached hydrogens (tertiary/aromatic N) is 3. The van der Waals surface area contributed by atoms with E-state index in [4.69, 9.17) is 4.74 Å². The van der Waals surface area contributed by atoms with E-state index in [2.05, 4.69) is 9.98 Å². The van der Waals surface area contributed by atoms with Gasteiger partial charge in [0.2, 0.25) is 5.91 Å². The molecule has 1 saturated heterocycles.